The minimum atomic E-state index is -2.65. The molecule has 0 aliphatic carbocycles. The first kappa shape index (κ1) is 123. The van der Waals surface area contributed by atoms with Crippen molar-refractivity contribution >= 4 is 178 Å². The van der Waals surface area contributed by atoms with Crippen LogP contribution in [0.25, 0.3) is 33.5 Å². The molecule has 9 heterocycles. The highest BCUT2D eigenvalue weighted by Gasteiger charge is 2.55. The van der Waals surface area contributed by atoms with Crippen LogP contribution in [0.4, 0.5) is 49.8 Å². The van der Waals surface area contributed by atoms with E-state index in [4.69, 9.17) is 111 Å². The Hall–Kier alpha value is -8.68. The summed E-state index contributed by atoms with van der Waals surface area (Å²) in [5, 5.41) is 38.5. The summed E-state index contributed by atoms with van der Waals surface area (Å²) >= 11 is 21.8. The van der Waals surface area contributed by atoms with E-state index in [0.717, 1.165) is 22.8 Å². The number of esters is 2. The number of ketones is 2. The molecule has 3 fully saturated rings. The average molecular weight is 2190 g/mol. The van der Waals surface area contributed by atoms with Gasteiger partial charge in [-0.1, -0.05) is 71.3 Å². The van der Waals surface area contributed by atoms with Gasteiger partial charge in [-0.15, -0.1) is 0 Å². The number of anilines is 3. The van der Waals surface area contributed by atoms with Gasteiger partial charge < -0.3 is 91.9 Å². The second-order valence-corrected chi connectivity index (χ2v) is 52.7. The maximum atomic E-state index is 16.2. The molecule has 0 bridgehead atoms. The molecule has 4 amide bonds. The van der Waals surface area contributed by atoms with E-state index in [1.165, 1.54) is 48.5 Å². The molecule has 2 unspecified atom stereocenters. The number of imidazole rings is 3. The lowest BCUT2D eigenvalue weighted by molar-refractivity contribution is -0.191. The zero-order chi connectivity index (χ0) is 108. The number of aromatic nitrogens is 12. The van der Waals surface area contributed by atoms with E-state index in [9.17, 15) is 67.7 Å². The number of carboxylic acids is 2. The Bertz CT molecular complexity index is 5310. The van der Waals surface area contributed by atoms with Gasteiger partial charge in [-0.3, -0.25) is 23.3 Å². The molecule has 14 atom stereocenters. The Morgan fingerprint density at radius 3 is 1.22 bits per heavy atom. The van der Waals surface area contributed by atoms with Crippen molar-refractivity contribution < 1.29 is 147 Å². The third-order valence-electron chi connectivity index (χ3n) is 23.4. The van der Waals surface area contributed by atoms with Crippen LogP contribution < -0.4 is 15.5 Å². The van der Waals surface area contributed by atoms with Gasteiger partial charge in [0, 0.05) is 37.0 Å². The van der Waals surface area contributed by atoms with Gasteiger partial charge in [0.1, 0.15) is 40.1 Å². The number of fused-ring (bicyclic) bond motifs is 3. The number of aliphatic hydroxyl groups is 2. The Balaban J connectivity index is 0.000000316. The molecule has 143 heavy (non-hydrogen) atoms. The van der Waals surface area contributed by atoms with E-state index in [0.29, 0.717) is 34.3 Å². The van der Waals surface area contributed by atoms with E-state index in [1.807, 2.05) is 0 Å². The van der Waals surface area contributed by atoms with Gasteiger partial charge in [-0.05, 0) is 233 Å². The third-order valence-corrected chi connectivity index (χ3v) is 33.6. The summed E-state index contributed by atoms with van der Waals surface area (Å²) in [4.78, 5) is 165. The molecule has 804 valence electrons. The molecular weight excluding hydrogens is 2050 g/mol. The van der Waals surface area contributed by atoms with Crippen molar-refractivity contribution in [2.45, 2.75) is 355 Å². The molecule has 0 aromatic carbocycles. The van der Waals surface area contributed by atoms with E-state index in [-0.39, 0.29) is 119 Å². The van der Waals surface area contributed by atoms with Gasteiger partial charge in [0.05, 0.1) is 64.2 Å². The number of hydrogen-bond donors (Lipinski definition) is 5. The molecule has 3 aliphatic heterocycles. The van der Waals surface area contributed by atoms with E-state index < -0.39 is 208 Å². The number of rotatable bonds is 37. The Labute approximate surface area is 854 Å². The van der Waals surface area contributed by atoms with E-state index in [1.54, 1.807) is 111 Å². The third kappa shape index (κ3) is 32.4. The maximum Gasteiger partial charge on any atom is 0.425 e. The number of imide groups is 2. The Kier molecular flexibility index (Phi) is 43.7. The standard InChI is InChI=1S/C37H59ClFN5O10Si.C27H37ClFN5O9.C17H21ClFN5O8.C10H23BrOSi/c1-15-49-30(46)37(23(3)45,18-16-17-19-51-55(13,14)36(10,11)12)50-20-24-22(2)25(39)29(52-24)43-21-40-26-27(43)41-31(38)42-28(26)44(32(47)53-34(4,5)6)33(48)54-35(7,8)9;1-10-39-22(36)18(14(3)35)40-11-15-13(2)16(29)21(41-15)33-12-30-17-19(33)31-23(28)32-20(17)34(24(37)42-26(4,5)6)25(38)43-27(7,8)9;18-16-22-11(20)9-12(23-16)24(6-21-9)13-8(19)10(26)7(32-13)5-31-17(14(27)28,15(29)30)3-1-2-4-25;1-10(2,3)13(4,5)12-9-7-6-8-11/h21-22,24-25,29H,15-20H2,1-14H3;12-13,15-16,18,21H,10-11H2,1-9H3;6-8,10,13,25-26H,1-5H2,(H,27,28)(H,29,30)(H2,20,22,23);6-9H2,1-5H3/t22-,24-,25+,29-,37?;13-,15-,16+,18?,21-;7-,8+,10-,13-;/m111./s1. The Morgan fingerprint density at radius 1 is 0.503 bits per heavy atom. The highest BCUT2D eigenvalue weighted by molar-refractivity contribution is 9.09. The van der Waals surface area contributed by atoms with Crippen LogP contribution in [0, 0.1) is 11.8 Å². The van der Waals surface area contributed by atoms with Gasteiger partial charge >= 0.3 is 48.3 Å². The number of hydrogen-bond acceptors (Lipinski definition) is 36. The molecule has 6 N–H and O–H groups in total. The Morgan fingerprint density at radius 2 is 0.853 bits per heavy atom. The fourth-order valence-electron chi connectivity index (χ4n) is 13.7. The number of ether oxygens (including phenoxy) is 12. The number of unbranched alkanes of at least 4 members (excludes halogenated alkanes) is 3. The fraction of sp³-hybridized carbons (Fsp3) is 0.725. The van der Waals surface area contributed by atoms with Crippen LogP contribution in [-0.4, -0.2) is 296 Å². The number of nitrogens with zero attached hydrogens (tertiary/aromatic N) is 14. The number of carbonyl (C=O) groups is 10. The van der Waals surface area contributed by atoms with Crippen LogP contribution in [0.3, 0.4) is 0 Å². The summed E-state index contributed by atoms with van der Waals surface area (Å²) in [5.41, 5.74) is -3.02. The summed E-state index contributed by atoms with van der Waals surface area (Å²) in [7, 11) is -3.47. The van der Waals surface area contributed by atoms with Gasteiger partial charge in [-0.2, -0.15) is 39.7 Å². The second kappa shape index (κ2) is 50.8. The number of nitrogen functional groups attached to an aromatic ring is 1. The van der Waals surface area contributed by atoms with Crippen LogP contribution in [0.1, 0.15) is 236 Å². The van der Waals surface area contributed by atoms with Crippen molar-refractivity contribution in [1.82, 2.24) is 58.6 Å². The summed E-state index contributed by atoms with van der Waals surface area (Å²) in [6, 6.07) is 0. The van der Waals surface area contributed by atoms with Crippen molar-refractivity contribution in [1.29, 1.82) is 0 Å². The van der Waals surface area contributed by atoms with Gasteiger partial charge in [0.15, 0.2) is 111 Å². The van der Waals surface area contributed by atoms with Crippen molar-refractivity contribution in [3.8, 4) is 0 Å². The molecular formula is C91H140BrCl3F3N15O28Si2. The molecule has 6 aromatic heterocycles. The van der Waals surface area contributed by atoms with Crippen LogP contribution in [0.5, 0.6) is 0 Å². The lowest BCUT2D eigenvalue weighted by Crippen LogP contribution is -2.51. The number of nitrogens with two attached hydrogens (primary N) is 1. The minimum absolute atomic E-state index is 0.0239. The van der Waals surface area contributed by atoms with Crippen molar-refractivity contribution in [3.05, 3.63) is 34.8 Å². The number of carboxylic acid groups (broad SMARTS) is 2. The predicted molar refractivity (Wildman–Crippen MR) is 527 cm³/mol. The number of amides is 4. The van der Waals surface area contributed by atoms with Crippen LogP contribution >= 0.6 is 50.7 Å². The van der Waals surface area contributed by atoms with Gasteiger partial charge in [-0.25, -0.2) is 66.5 Å². The molecule has 0 radical (unpaired) electrons. The van der Waals surface area contributed by atoms with Crippen molar-refractivity contribution in [2.75, 3.05) is 73.7 Å². The summed E-state index contributed by atoms with van der Waals surface area (Å²) in [6.07, 6.45) is -13.6. The molecule has 43 nitrogen and oxygen atoms in total. The highest BCUT2D eigenvalue weighted by Crippen LogP contribution is 2.45. The maximum absolute atomic E-state index is 16.2. The van der Waals surface area contributed by atoms with Crippen molar-refractivity contribution in [2.24, 2.45) is 11.8 Å². The molecule has 9 rings (SSSR count). The highest BCUT2D eigenvalue weighted by atomic mass is 79.9. The minimum Gasteiger partial charge on any atom is -0.479 e. The normalized spacial score (nSPS) is 20.8. The van der Waals surface area contributed by atoms with E-state index >= 15 is 8.78 Å². The quantitative estimate of drug-likeness (QED) is 0.00460. The topological polar surface area (TPSA) is 544 Å². The van der Waals surface area contributed by atoms with Crippen LogP contribution in [-0.2, 0) is 94.5 Å². The van der Waals surface area contributed by atoms with Crippen LogP contribution in [0.2, 0.25) is 52.1 Å². The zero-order valence-electron chi connectivity index (χ0n) is 86.3. The number of carbonyl (C=O) groups excluding carboxylic acids is 8. The lowest BCUT2D eigenvalue weighted by atomic mass is 9.91. The number of halogens is 7. The largest absolute Gasteiger partial charge is 0.479 e. The number of aliphatic hydroxyl groups excluding tert-OH is 2. The zero-order valence-corrected chi connectivity index (χ0v) is 92.2. The van der Waals surface area contributed by atoms with Gasteiger partial charge in [0.25, 0.3) is 5.60 Å². The molecule has 0 spiro atoms. The smallest absolute Gasteiger partial charge is 0.425 e. The molecule has 3 saturated heterocycles. The lowest BCUT2D eigenvalue weighted by Gasteiger charge is -2.36. The van der Waals surface area contributed by atoms with Crippen LogP contribution in [0.15, 0.2) is 19.0 Å². The first-order valence-electron chi connectivity index (χ1n) is 46.6. The number of alkyl halides is 4. The fourth-order valence-corrected chi connectivity index (χ4v) is 16.8. The average Bonchev–Trinajstić information content (AvgIpc) is 1.61. The second-order valence-electron chi connectivity index (χ2n) is 41.3. The van der Waals surface area contributed by atoms with Crippen molar-refractivity contribution in [3.63, 3.8) is 0 Å². The van der Waals surface area contributed by atoms with E-state index in [2.05, 4.69) is 129 Å². The monoisotopic (exact) mass is 2190 g/mol. The first-order valence-corrected chi connectivity index (χ1v) is 54.7. The number of Topliss-reactive ketones (excluding diaryl/α,β-unsaturated/α-hetero) is 2. The summed E-state index contributed by atoms with van der Waals surface area (Å²) in [6.45, 7) is 50.3. The summed E-state index contributed by atoms with van der Waals surface area (Å²) < 4.78 is 129. The SMILES string of the molecule is CC(C)(C)[Si](C)(C)OCCCCBr.CCOC(=O)C(CCCCO[Si](C)(C)C(C)(C)C)(OC[C@H]1O[C@@H](n2cnc3c(N(C(=O)OC(C)(C)C)C(=O)OC(C)(C)C)nc(Cl)nc32)[C@@H](F)[C@@H]1C)C(C)=O.CCOC(=O)C(OC[C@H]1O[C@@H](n2cnc3c(N(C(=O)OC(C)(C)C)C(=O)OC(C)(C)C)nc(Cl)nc32)[C@@H](F)[C@@H]1C)C(C)=O.Nc1nc(Cl)nc2c1ncn2[C@@H]1O[C@H](COC(CCCCO)(C(=O)O)C(=O)O)[C@@H](O)[C@@H]1F. The molecule has 6 aromatic rings. The first-order chi connectivity index (χ1) is 65.9. The van der Waals surface area contributed by atoms with Gasteiger partial charge in [0.2, 0.25) is 27.6 Å². The molecule has 0 saturated carbocycles. The molecule has 52 heteroatoms. The summed E-state index contributed by atoms with van der Waals surface area (Å²) in [5.74, 6) is -8.66. The number of aliphatic carboxylic acids is 2. The molecule has 3 aliphatic rings. The predicted octanol–water partition coefficient (Wildman–Crippen LogP) is 16.6.